The normalized spacial score (nSPS) is 9.70. The Morgan fingerprint density at radius 1 is 1.04 bits per heavy atom. The second kappa shape index (κ2) is 8.35. The zero-order chi connectivity index (χ0) is 16.5. The third kappa shape index (κ3) is 5.29. The predicted octanol–water partition coefficient (Wildman–Crippen LogP) is 2.71. The number of nitrogens with one attached hydrogen (secondary N) is 2. The lowest BCUT2D eigenvalue weighted by Crippen LogP contribution is -2.25. The molecule has 0 atom stereocenters. The molecule has 2 aromatic carbocycles. The van der Waals surface area contributed by atoms with Crippen LogP contribution in [0.15, 0.2) is 54.6 Å². The first kappa shape index (κ1) is 16.2. The lowest BCUT2D eigenvalue weighted by molar-refractivity contribution is -0.116. The fraction of sp³-hybridized carbons (Fsp3) is 0.167. The van der Waals surface area contributed by atoms with Crippen molar-refractivity contribution in [2.24, 2.45) is 0 Å². The summed E-state index contributed by atoms with van der Waals surface area (Å²) in [5, 5.41) is 14.3. The monoisotopic (exact) mass is 307 g/mol. The van der Waals surface area contributed by atoms with E-state index in [1.54, 1.807) is 48.5 Å². The summed E-state index contributed by atoms with van der Waals surface area (Å²) in [6.45, 7) is 0.430. The maximum absolute atomic E-state index is 11.8. The van der Waals surface area contributed by atoms with Crippen molar-refractivity contribution < 1.29 is 9.59 Å². The minimum absolute atomic E-state index is 0.144. The Bertz CT molecular complexity index is 721. The van der Waals surface area contributed by atoms with Crippen molar-refractivity contribution in [1.82, 2.24) is 5.32 Å². The fourth-order valence-electron chi connectivity index (χ4n) is 2.03. The van der Waals surface area contributed by atoms with Crippen LogP contribution >= 0.6 is 0 Å². The van der Waals surface area contributed by atoms with E-state index in [-0.39, 0.29) is 11.8 Å². The van der Waals surface area contributed by atoms with Crippen LogP contribution in [0.2, 0.25) is 0 Å². The number of nitriles is 1. The summed E-state index contributed by atoms with van der Waals surface area (Å²) in [4.78, 5) is 23.6. The Morgan fingerprint density at radius 3 is 2.57 bits per heavy atom. The molecule has 0 radical (unpaired) electrons. The Balaban J connectivity index is 1.71. The van der Waals surface area contributed by atoms with E-state index in [2.05, 4.69) is 10.6 Å². The van der Waals surface area contributed by atoms with Gasteiger partial charge in [0.2, 0.25) is 5.91 Å². The second-order valence-electron chi connectivity index (χ2n) is 4.97. The first-order valence-corrected chi connectivity index (χ1v) is 7.32. The number of amides is 2. The van der Waals surface area contributed by atoms with Crippen molar-refractivity contribution in [3.05, 3.63) is 65.7 Å². The first-order valence-electron chi connectivity index (χ1n) is 7.32. The molecule has 23 heavy (non-hydrogen) atoms. The van der Waals surface area contributed by atoms with Crippen molar-refractivity contribution in [2.45, 2.75) is 12.8 Å². The molecule has 2 N–H and O–H groups in total. The van der Waals surface area contributed by atoms with Crippen molar-refractivity contribution in [1.29, 1.82) is 5.26 Å². The van der Waals surface area contributed by atoms with Crippen molar-refractivity contribution >= 4 is 17.5 Å². The van der Waals surface area contributed by atoms with Gasteiger partial charge in [-0.1, -0.05) is 24.3 Å². The molecule has 5 nitrogen and oxygen atoms in total. The molecule has 0 saturated heterocycles. The molecule has 2 aromatic rings. The lowest BCUT2D eigenvalue weighted by Gasteiger charge is -2.07. The molecule has 0 spiro atoms. The molecular formula is C18H17N3O2. The van der Waals surface area contributed by atoms with Crippen LogP contribution in [0.5, 0.6) is 0 Å². The summed E-state index contributed by atoms with van der Waals surface area (Å²) >= 11 is 0. The van der Waals surface area contributed by atoms with Gasteiger partial charge in [0.05, 0.1) is 11.6 Å². The minimum Gasteiger partial charge on any atom is -0.352 e. The van der Waals surface area contributed by atoms with Crippen LogP contribution in [0.25, 0.3) is 0 Å². The molecule has 0 aliphatic heterocycles. The predicted molar refractivity (Wildman–Crippen MR) is 87.8 cm³/mol. The number of benzene rings is 2. The van der Waals surface area contributed by atoms with Gasteiger partial charge in [0, 0.05) is 24.2 Å². The van der Waals surface area contributed by atoms with Gasteiger partial charge in [0.1, 0.15) is 0 Å². The van der Waals surface area contributed by atoms with Crippen molar-refractivity contribution in [3.63, 3.8) is 0 Å². The Kier molecular flexibility index (Phi) is 5.89. The van der Waals surface area contributed by atoms with Gasteiger partial charge in [-0.25, -0.2) is 0 Å². The van der Waals surface area contributed by atoms with Gasteiger partial charge < -0.3 is 10.6 Å². The molecule has 0 bridgehead atoms. The molecule has 2 rings (SSSR count). The molecule has 0 heterocycles. The van der Waals surface area contributed by atoms with Crippen LogP contribution in [0.3, 0.4) is 0 Å². The molecule has 0 saturated carbocycles. The summed E-state index contributed by atoms with van der Waals surface area (Å²) in [6.07, 6.45) is 0.841. The van der Waals surface area contributed by atoms with E-state index in [0.717, 1.165) is 0 Å². The molecule has 0 aliphatic rings. The Hall–Kier alpha value is -3.13. The zero-order valence-electron chi connectivity index (χ0n) is 12.6. The van der Waals surface area contributed by atoms with Gasteiger partial charge in [0.15, 0.2) is 0 Å². The fourth-order valence-corrected chi connectivity index (χ4v) is 2.03. The summed E-state index contributed by atoms with van der Waals surface area (Å²) in [5.41, 5.74) is 1.70. The van der Waals surface area contributed by atoms with Gasteiger partial charge in [-0.2, -0.15) is 5.26 Å². The quantitative estimate of drug-likeness (QED) is 0.805. The second-order valence-corrected chi connectivity index (χ2v) is 4.97. The molecule has 116 valence electrons. The third-order valence-electron chi connectivity index (χ3n) is 3.18. The van der Waals surface area contributed by atoms with Crippen LogP contribution in [0.1, 0.15) is 28.8 Å². The molecular weight excluding hydrogens is 290 g/mol. The van der Waals surface area contributed by atoms with E-state index < -0.39 is 0 Å². The summed E-state index contributed by atoms with van der Waals surface area (Å²) < 4.78 is 0. The molecule has 0 aromatic heterocycles. The van der Waals surface area contributed by atoms with Crippen LogP contribution in [-0.4, -0.2) is 18.4 Å². The average molecular weight is 307 g/mol. The van der Waals surface area contributed by atoms with Crippen LogP contribution in [0.4, 0.5) is 5.69 Å². The highest BCUT2D eigenvalue weighted by atomic mass is 16.2. The summed E-state index contributed by atoms with van der Waals surface area (Å²) in [5.74, 6) is -0.290. The minimum atomic E-state index is -0.146. The smallest absolute Gasteiger partial charge is 0.251 e. The first-order chi connectivity index (χ1) is 11.2. The largest absolute Gasteiger partial charge is 0.352 e. The molecule has 0 aliphatic carbocycles. The van der Waals surface area contributed by atoms with Gasteiger partial charge in [0.25, 0.3) is 5.91 Å². The van der Waals surface area contributed by atoms with Gasteiger partial charge in [-0.15, -0.1) is 0 Å². The third-order valence-corrected chi connectivity index (χ3v) is 3.18. The highest BCUT2D eigenvalue weighted by Crippen LogP contribution is 2.10. The van der Waals surface area contributed by atoms with E-state index >= 15 is 0 Å². The zero-order valence-corrected chi connectivity index (χ0v) is 12.6. The Morgan fingerprint density at radius 2 is 1.83 bits per heavy atom. The maximum atomic E-state index is 11.8. The maximum Gasteiger partial charge on any atom is 0.251 e. The van der Waals surface area contributed by atoms with Crippen LogP contribution in [-0.2, 0) is 4.79 Å². The summed E-state index contributed by atoms with van der Waals surface area (Å²) in [6, 6.07) is 17.7. The average Bonchev–Trinajstić information content (AvgIpc) is 2.59. The topological polar surface area (TPSA) is 82.0 Å². The highest BCUT2D eigenvalue weighted by molar-refractivity contribution is 5.94. The number of nitrogens with zero attached hydrogens (tertiary/aromatic N) is 1. The molecule has 0 unspecified atom stereocenters. The number of hydrogen-bond donors (Lipinski definition) is 2. The van der Waals surface area contributed by atoms with E-state index in [1.165, 1.54) is 0 Å². The number of carbonyl (C=O) groups excluding carboxylic acids is 2. The number of hydrogen-bond acceptors (Lipinski definition) is 3. The van der Waals surface area contributed by atoms with Gasteiger partial charge in [-0.05, 0) is 36.8 Å². The van der Waals surface area contributed by atoms with Crippen LogP contribution < -0.4 is 10.6 Å². The van der Waals surface area contributed by atoms with Gasteiger partial charge in [-0.3, -0.25) is 9.59 Å². The SMILES string of the molecule is N#Cc1cccc(NC(=O)CCCNC(=O)c2ccccc2)c1. The highest BCUT2D eigenvalue weighted by Gasteiger charge is 2.05. The van der Waals surface area contributed by atoms with Crippen molar-refractivity contribution in [2.75, 3.05) is 11.9 Å². The molecule has 5 heteroatoms. The van der Waals surface area contributed by atoms with Crippen molar-refractivity contribution in [3.8, 4) is 6.07 Å². The number of carbonyl (C=O) groups is 2. The molecule has 0 fully saturated rings. The van der Waals surface area contributed by atoms with E-state index in [9.17, 15) is 9.59 Å². The van der Waals surface area contributed by atoms with Crippen LogP contribution in [0, 0.1) is 11.3 Å². The number of anilines is 1. The van der Waals surface area contributed by atoms with Gasteiger partial charge >= 0.3 is 0 Å². The Labute approximate surface area is 134 Å². The lowest BCUT2D eigenvalue weighted by atomic mass is 10.2. The molecule has 2 amide bonds. The van der Waals surface area contributed by atoms with E-state index in [1.807, 2.05) is 12.1 Å². The van der Waals surface area contributed by atoms with E-state index in [4.69, 9.17) is 5.26 Å². The standard InChI is InChI=1S/C18H17N3O2/c19-13-14-6-4-9-16(12-14)21-17(22)10-5-11-20-18(23)15-7-2-1-3-8-15/h1-4,6-9,12H,5,10-11H2,(H,20,23)(H,21,22). The summed E-state index contributed by atoms with van der Waals surface area (Å²) in [7, 11) is 0. The van der Waals surface area contributed by atoms with E-state index in [0.29, 0.717) is 36.2 Å². The number of rotatable bonds is 6.